The van der Waals surface area contributed by atoms with Crippen LogP contribution in [0.1, 0.15) is 23.4 Å². The van der Waals surface area contributed by atoms with Crippen molar-refractivity contribution in [3.8, 4) is 6.01 Å². The minimum atomic E-state index is 0.242. The Labute approximate surface area is 172 Å². The van der Waals surface area contributed by atoms with Crippen LogP contribution in [0, 0.1) is 6.92 Å². The summed E-state index contributed by atoms with van der Waals surface area (Å²) in [6.45, 7) is 2.88. The van der Waals surface area contributed by atoms with Gasteiger partial charge >= 0.3 is 6.01 Å². The molecule has 0 saturated carbocycles. The van der Waals surface area contributed by atoms with Crippen LogP contribution in [-0.2, 0) is 20.0 Å². The molecule has 0 aliphatic carbocycles. The molecule has 150 valence electrons. The molecule has 3 aromatic heterocycles. The predicted octanol–water partition coefficient (Wildman–Crippen LogP) is 3.94. The average Bonchev–Trinajstić information content (AvgIpc) is 3.32. The van der Waals surface area contributed by atoms with Crippen LogP contribution in [0.25, 0.3) is 11.1 Å². The summed E-state index contributed by atoms with van der Waals surface area (Å²) in [4.78, 5) is 13.1. The fraction of sp³-hybridized carbons (Fsp3) is 0.300. The van der Waals surface area contributed by atoms with Gasteiger partial charge in [0.05, 0.1) is 12.8 Å². The Hall–Kier alpha value is -3.13. The maximum absolute atomic E-state index is 6.25. The first kappa shape index (κ1) is 19.2. The molecule has 0 aliphatic rings. The van der Waals surface area contributed by atoms with Gasteiger partial charge in [-0.2, -0.15) is 15.1 Å². The molecule has 3 heterocycles. The Morgan fingerprint density at radius 2 is 2.07 bits per heavy atom. The van der Waals surface area contributed by atoms with Crippen molar-refractivity contribution in [1.82, 2.24) is 24.7 Å². The second-order valence-corrected chi connectivity index (χ2v) is 7.03. The third kappa shape index (κ3) is 4.65. The highest BCUT2D eigenvalue weighted by Crippen LogP contribution is 2.23. The van der Waals surface area contributed by atoms with Gasteiger partial charge in [-0.1, -0.05) is 23.7 Å². The normalized spacial score (nSPS) is 11.1. The van der Waals surface area contributed by atoms with Crippen molar-refractivity contribution in [2.75, 3.05) is 11.9 Å². The van der Waals surface area contributed by atoms with Gasteiger partial charge in [-0.15, -0.1) is 0 Å². The van der Waals surface area contributed by atoms with E-state index in [-0.39, 0.29) is 6.01 Å². The zero-order valence-corrected chi connectivity index (χ0v) is 17.0. The van der Waals surface area contributed by atoms with Crippen molar-refractivity contribution in [3.05, 3.63) is 58.8 Å². The van der Waals surface area contributed by atoms with Crippen LogP contribution in [0.5, 0.6) is 6.01 Å². The van der Waals surface area contributed by atoms with Crippen molar-refractivity contribution in [2.24, 2.45) is 7.05 Å². The lowest BCUT2D eigenvalue weighted by Crippen LogP contribution is -2.08. The Morgan fingerprint density at radius 1 is 1.21 bits per heavy atom. The third-order valence-corrected chi connectivity index (χ3v) is 4.76. The number of oxazole rings is 1. The van der Waals surface area contributed by atoms with Gasteiger partial charge in [-0.3, -0.25) is 4.68 Å². The van der Waals surface area contributed by atoms with E-state index >= 15 is 0 Å². The van der Waals surface area contributed by atoms with Gasteiger partial charge in [0.25, 0.3) is 0 Å². The molecule has 0 aliphatic heterocycles. The fourth-order valence-electron chi connectivity index (χ4n) is 2.87. The molecule has 9 heteroatoms. The second kappa shape index (κ2) is 8.48. The lowest BCUT2D eigenvalue weighted by Gasteiger charge is -2.11. The number of para-hydroxylation sites is 2. The van der Waals surface area contributed by atoms with E-state index in [1.165, 1.54) is 0 Å². The highest BCUT2D eigenvalue weighted by molar-refractivity contribution is 6.30. The van der Waals surface area contributed by atoms with E-state index in [9.17, 15) is 0 Å². The summed E-state index contributed by atoms with van der Waals surface area (Å²) in [6.07, 6.45) is 5.13. The predicted molar refractivity (Wildman–Crippen MR) is 110 cm³/mol. The molecular weight excluding hydrogens is 392 g/mol. The van der Waals surface area contributed by atoms with Crippen LogP contribution in [0.3, 0.4) is 0 Å². The molecule has 1 aromatic carbocycles. The summed E-state index contributed by atoms with van der Waals surface area (Å²) in [5.41, 5.74) is 3.47. The zero-order valence-electron chi connectivity index (χ0n) is 16.2. The lowest BCUT2D eigenvalue weighted by atomic mass is 10.3. The quantitative estimate of drug-likeness (QED) is 0.346. The number of fused-ring (bicyclic) bond motifs is 1. The molecule has 0 radical (unpaired) electrons. The van der Waals surface area contributed by atoms with E-state index in [4.69, 9.17) is 20.8 Å². The summed E-state index contributed by atoms with van der Waals surface area (Å²) in [5, 5.41) is 7.78. The van der Waals surface area contributed by atoms with Crippen molar-refractivity contribution in [2.45, 2.75) is 26.3 Å². The van der Waals surface area contributed by atoms with E-state index in [0.717, 1.165) is 28.6 Å². The third-order valence-electron chi connectivity index (χ3n) is 4.39. The molecule has 0 saturated heterocycles. The van der Waals surface area contributed by atoms with Gasteiger partial charge in [0.1, 0.15) is 16.5 Å². The minimum Gasteiger partial charge on any atom is -0.463 e. The second-order valence-electron chi connectivity index (χ2n) is 6.67. The van der Waals surface area contributed by atoms with Crippen LogP contribution in [0.4, 0.5) is 5.82 Å². The molecule has 8 nitrogen and oxygen atoms in total. The maximum Gasteiger partial charge on any atom is 0.319 e. The summed E-state index contributed by atoms with van der Waals surface area (Å²) < 4.78 is 13.2. The van der Waals surface area contributed by atoms with Crippen LogP contribution >= 0.6 is 11.6 Å². The number of rotatable bonds is 8. The Bertz CT molecular complexity index is 1090. The molecule has 0 unspecified atom stereocenters. The number of nitrogens with zero attached hydrogens (tertiary/aromatic N) is 5. The van der Waals surface area contributed by atoms with Crippen LogP contribution < -0.4 is 10.1 Å². The van der Waals surface area contributed by atoms with Gasteiger partial charge in [0.2, 0.25) is 0 Å². The monoisotopic (exact) mass is 412 g/mol. The molecule has 0 amide bonds. The molecule has 0 bridgehead atoms. The summed E-state index contributed by atoms with van der Waals surface area (Å²) in [7, 11) is 1.88. The Morgan fingerprint density at radius 3 is 2.86 bits per heavy atom. The highest BCUT2D eigenvalue weighted by atomic mass is 35.5. The standard InChI is InChI=1S/C20H21ClN6O2/c1-13-18(21)25-20(26-19(13)22-10-14-11-23-27(2)12-14)28-9-5-8-17-24-15-6-3-4-7-16(15)29-17/h3-4,6-7,11-12H,5,8-10H2,1-2H3,(H,22,25,26). The van der Waals surface area contributed by atoms with E-state index in [1.54, 1.807) is 10.9 Å². The molecule has 4 aromatic rings. The molecule has 4 rings (SSSR count). The zero-order chi connectivity index (χ0) is 20.2. The molecular formula is C20H21ClN6O2. The van der Waals surface area contributed by atoms with Gasteiger partial charge in [-0.25, -0.2) is 4.98 Å². The topological polar surface area (TPSA) is 90.9 Å². The van der Waals surface area contributed by atoms with E-state index in [1.807, 2.05) is 44.4 Å². The smallest absolute Gasteiger partial charge is 0.319 e. The molecule has 0 spiro atoms. The maximum atomic E-state index is 6.25. The lowest BCUT2D eigenvalue weighted by molar-refractivity contribution is 0.283. The SMILES string of the molecule is Cc1c(Cl)nc(OCCCc2nc3ccccc3o2)nc1NCc1cnn(C)c1. The van der Waals surface area contributed by atoms with Crippen molar-refractivity contribution >= 4 is 28.5 Å². The minimum absolute atomic E-state index is 0.242. The van der Waals surface area contributed by atoms with Crippen molar-refractivity contribution in [1.29, 1.82) is 0 Å². The fourth-order valence-corrected chi connectivity index (χ4v) is 3.03. The number of aromatic nitrogens is 5. The first-order valence-electron chi connectivity index (χ1n) is 9.31. The van der Waals surface area contributed by atoms with Gasteiger partial charge in [0, 0.05) is 37.3 Å². The number of ether oxygens (including phenoxy) is 1. The summed E-state index contributed by atoms with van der Waals surface area (Å²) >= 11 is 6.25. The first-order valence-corrected chi connectivity index (χ1v) is 9.69. The first-order chi connectivity index (χ1) is 14.1. The summed E-state index contributed by atoms with van der Waals surface area (Å²) in [6, 6.07) is 7.95. The molecule has 1 N–H and O–H groups in total. The van der Waals surface area contributed by atoms with E-state index in [0.29, 0.717) is 36.4 Å². The number of hydrogen-bond donors (Lipinski definition) is 1. The molecule has 0 atom stereocenters. The van der Waals surface area contributed by atoms with Gasteiger partial charge < -0.3 is 14.5 Å². The van der Waals surface area contributed by atoms with Crippen LogP contribution in [-0.4, -0.2) is 31.3 Å². The Kier molecular flexibility index (Phi) is 5.62. The summed E-state index contributed by atoms with van der Waals surface area (Å²) in [5.74, 6) is 1.33. The number of hydrogen-bond acceptors (Lipinski definition) is 7. The van der Waals surface area contributed by atoms with Crippen molar-refractivity contribution in [3.63, 3.8) is 0 Å². The molecule has 0 fully saturated rings. The van der Waals surface area contributed by atoms with Gasteiger partial charge in [-0.05, 0) is 25.5 Å². The van der Waals surface area contributed by atoms with E-state index < -0.39 is 0 Å². The number of nitrogens with one attached hydrogen (secondary N) is 1. The number of anilines is 1. The van der Waals surface area contributed by atoms with Crippen LogP contribution in [0.2, 0.25) is 5.15 Å². The Balaban J connectivity index is 1.33. The van der Waals surface area contributed by atoms with Crippen molar-refractivity contribution < 1.29 is 9.15 Å². The van der Waals surface area contributed by atoms with Crippen LogP contribution in [0.15, 0.2) is 41.1 Å². The molecule has 29 heavy (non-hydrogen) atoms. The highest BCUT2D eigenvalue weighted by Gasteiger charge is 2.11. The number of halogens is 1. The average molecular weight is 413 g/mol. The largest absolute Gasteiger partial charge is 0.463 e. The van der Waals surface area contributed by atoms with Gasteiger partial charge in [0.15, 0.2) is 11.5 Å². The number of benzene rings is 1. The number of aryl methyl sites for hydroxylation is 2. The van der Waals surface area contributed by atoms with E-state index in [2.05, 4.69) is 25.4 Å².